The number of carbonyl (C=O) groups is 2. The maximum atomic E-state index is 12.9. The molecule has 1 N–H and O–H groups in total. The summed E-state index contributed by atoms with van der Waals surface area (Å²) < 4.78 is 1.34. The average molecular weight is 362 g/mol. The van der Waals surface area contributed by atoms with Crippen molar-refractivity contribution in [3.8, 4) is 0 Å². The van der Waals surface area contributed by atoms with Gasteiger partial charge in [0.25, 0.3) is 5.56 Å². The van der Waals surface area contributed by atoms with Crippen LogP contribution in [0.5, 0.6) is 0 Å². The standard InChI is InChI=1S/C17H22N4O3S/c1-10-4-5-11-12(6-10)25-16-15(11)17(24)21(9-19-16)8-14(23)20(3)7-13(22)18-2/h9-10H,4-8H2,1-3H3,(H,18,22)/t10-/m0/s1. The second kappa shape index (κ2) is 6.95. The first-order valence-electron chi connectivity index (χ1n) is 8.35. The number of hydrogen-bond acceptors (Lipinski definition) is 5. The van der Waals surface area contributed by atoms with Crippen LogP contribution in [-0.4, -0.2) is 46.9 Å². The predicted octanol–water partition coefficient (Wildman–Crippen LogP) is 0.787. The summed E-state index contributed by atoms with van der Waals surface area (Å²) in [6.45, 7) is 2.07. The molecule has 1 aliphatic carbocycles. The maximum absolute atomic E-state index is 12.9. The van der Waals surface area contributed by atoms with E-state index in [1.54, 1.807) is 18.4 Å². The SMILES string of the molecule is CNC(=O)CN(C)C(=O)Cn1cnc2sc3c(c2c1=O)CC[C@H](C)C3. The molecule has 2 heterocycles. The highest BCUT2D eigenvalue weighted by Crippen LogP contribution is 2.35. The minimum absolute atomic E-state index is 0.0362. The van der Waals surface area contributed by atoms with Crippen molar-refractivity contribution in [1.29, 1.82) is 0 Å². The number of aromatic nitrogens is 2. The van der Waals surface area contributed by atoms with Crippen molar-refractivity contribution in [1.82, 2.24) is 19.8 Å². The zero-order chi connectivity index (χ0) is 18.1. The van der Waals surface area contributed by atoms with Gasteiger partial charge in [0, 0.05) is 19.0 Å². The third kappa shape index (κ3) is 3.44. The molecule has 2 aromatic heterocycles. The van der Waals surface area contributed by atoms with Crippen LogP contribution in [0, 0.1) is 5.92 Å². The first-order chi connectivity index (χ1) is 11.9. The number of rotatable bonds is 4. The van der Waals surface area contributed by atoms with E-state index in [-0.39, 0.29) is 30.5 Å². The van der Waals surface area contributed by atoms with Gasteiger partial charge in [0.15, 0.2) is 0 Å². The van der Waals surface area contributed by atoms with Gasteiger partial charge < -0.3 is 10.2 Å². The summed E-state index contributed by atoms with van der Waals surface area (Å²) in [5.41, 5.74) is 0.940. The number of hydrogen-bond donors (Lipinski definition) is 1. The summed E-state index contributed by atoms with van der Waals surface area (Å²) in [5.74, 6) is 0.0742. The van der Waals surface area contributed by atoms with Crippen LogP contribution in [0.4, 0.5) is 0 Å². The molecule has 25 heavy (non-hydrogen) atoms. The topological polar surface area (TPSA) is 84.3 Å². The number of amides is 2. The molecule has 1 aliphatic rings. The molecule has 0 bridgehead atoms. The van der Waals surface area contributed by atoms with E-state index < -0.39 is 0 Å². The molecular formula is C17H22N4O3S. The number of carbonyl (C=O) groups excluding carboxylic acids is 2. The second-order valence-electron chi connectivity index (χ2n) is 6.63. The van der Waals surface area contributed by atoms with Gasteiger partial charge in [0.05, 0.1) is 18.3 Å². The fraction of sp³-hybridized carbons (Fsp3) is 0.529. The number of nitrogens with zero attached hydrogens (tertiary/aromatic N) is 3. The molecule has 0 aromatic carbocycles. The van der Waals surface area contributed by atoms with Crippen LogP contribution >= 0.6 is 11.3 Å². The summed E-state index contributed by atoms with van der Waals surface area (Å²) in [6, 6.07) is 0. The molecule has 0 saturated heterocycles. The van der Waals surface area contributed by atoms with Crippen molar-refractivity contribution in [2.75, 3.05) is 20.6 Å². The Hall–Kier alpha value is -2.22. The van der Waals surface area contributed by atoms with Gasteiger partial charge >= 0.3 is 0 Å². The number of thiophene rings is 1. The second-order valence-corrected chi connectivity index (χ2v) is 7.72. The molecule has 0 unspecified atom stereocenters. The van der Waals surface area contributed by atoms with Gasteiger partial charge in [0.1, 0.15) is 11.4 Å². The lowest BCUT2D eigenvalue weighted by Gasteiger charge is -2.18. The lowest BCUT2D eigenvalue weighted by atomic mass is 9.89. The average Bonchev–Trinajstić information content (AvgIpc) is 2.95. The molecule has 2 amide bonds. The van der Waals surface area contributed by atoms with Crippen LogP contribution in [0.1, 0.15) is 23.8 Å². The molecule has 7 nitrogen and oxygen atoms in total. The van der Waals surface area contributed by atoms with Crippen LogP contribution in [0.25, 0.3) is 10.2 Å². The van der Waals surface area contributed by atoms with Crippen molar-refractivity contribution < 1.29 is 9.59 Å². The number of fused-ring (bicyclic) bond motifs is 3. The summed E-state index contributed by atoms with van der Waals surface area (Å²) in [4.78, 5) is 44.2. The van der Waals surface area contributed by atoms with Gasteiger partial charge in [-0.25, -0.2) is 4.98 Å². The van der Waals surface area contributed by atoms with Crippen LogP contribution < -0.4 is 10.9 Å². The summed E-state index contributed by atoms with van der Waals surface area (Å²) in [6.07, 6.45) is 4.38. The van der Waals surface area contributed by atoms with Crippen molar-refractivity contribution in [3.63, 3.8) is 0 Å². The number of aryl methyl sites for hydroxylation is 1. The normalized spacial score (nSPS) is 16.5. The number of likely N-dealkylation sites (N-methyl/N-ethyl adjacent to an activating group) is 2. The Bertz CT molecular complexity index is 886. The quantitative estimate of drug-likeness (QED) is 0.871. The highest BCUT2D eigenvalue weighted by molar-refractivity contribution is 7.18. The van der Waals surface area contributed by atoms with E-state index >= 15 is 0 Å². The third-order valence-electron chi connectivity index (χ3n) is 4.67. The number of nitrogens with one attached hydrogen (secondary N) is 1. The van der Waals surface area contributed by atoms with Gasteiger partial charge in [-0.05, 0) is 30.7 Å². The van der Waals surface area contributed by atoms with Crippen LogP contribution in [0.2, 0.25) is 0 Å². The molecule has 3 rings (SSSR count). The van der Waals surface area contributed by atoms with Crippen molar-refractivity contribution >= 4 is 33.4 Å². The van der Waals surface area contributed by atoms with E-state index in [9.17, 15) is 14.4 Å². The zero-order valence-corrected chi connectivity index (χ0v) is 15.5. The van der Waals surface area contributed by atoms with Gasteiger partial charge in [-0.2, -0.15) is 0 Å². The molecule has 8 heteroatoms. The minimum atomic E-state index is -0.301. The highest BCUT2D eigenvalue weighted by atomic mass is 32.1. The van der Waals surface area contributed by atoms with Crippen LogP contribution in [0.3, 0.4) is 0 Å². The van der Waals surface area contributed by atoms with E-state index in [1.165, 1.54) is 27.7 Å². The molecule has 0 radical (unpaired) electrons. The Kier molecular flexibility index (Phi) is 4.89. The predicted molar refractivity (Wildman–Crippen MR) is 96.8 cm³/mol. The fourth-order valence-electron chi connectivity index (χ4n) is 3.13. The largest absolute Gasteiger partial charge is 0.358 e. The molecule has 0 fully saturated rings. The molecule has 0 aliphatic heterocycles. The minimum Gasteiger partial charge on any atom is -0.358 e. The van der Waals surface area contributed by atoms with E-state index in [0.29, 0.717) is 11.3 Å². The van der Waals surface area contributed by atoms with Crippen molar-refractivity contribution in [2.24, 2.45) is 5.92 Å². The fourth-order valence-corrected chi connectivity index (χ4v) is 4.47. The van der Waals surface area contributed by atoms with E-state index in [4.69, 9.17) is 0 Å². The lowest BCUT2D eigenvalue weighted by molar-refractivity contribution is -0.135. The van der Waals surface area contributed by atoms with E-state index in [0.717, 1.165) is 29.7 Å². The highest BCUT2D eigenvalue weighted by Gasteiger charge is 2.23. The molecule has 134 valence electrons. The van der Waals surface area contributed by atoms with Gasteiger partial charge in [-0.3, -0.25) is 19.0 Å². The lowest BCUT2D eigenvalue weighted by Crippen LogP contribution is -2.40. The van der Waals surface area contributed by atoms with Gasteiger partial charge in [-0.1, -0.05) is 6.92 Å². The van der Waals surface area contributed by atoms with Crippen LogP contribution in [-0.2, 0) is 29.0 Å². The Morgan fingerprint density at radius 1 is 1.48 bits per heavy atom. The van der Waals surface area contributed by atoms with Gasteiger partial charge in [-0.15, -0.1) is 11.3 Å². The van der Waals surface area contributed by atoms with E-state index in [1.807, 2.05) is 0 Å². The Labute approximate surface area is 149 Å². The van der Waals surface area contributed by atoms with E-state index in [2.05, 4.69) is 17.2 Å². The smallest absolute Gasteiger partial charge is 0.262 e. The molecule has 0 spiro atoms. The summed E-state index contributed by atoms with van der Waals surface area (Å²) in [7, 11) is 3.06. The Morgan fingerprint density at radius 2 is 2.24 bits per heavy atom. The van der Waals surface area contributed by atoms with Crippen molar-refractivity contribution in [2.45, 2.75) is 32.7 Å². The Morgan fingerprint density at radius 3 is 2.96 bits per heavy atom. The monoisotopic (exact) mass is 362 g/mol. The van der Waals surface area contributed by atoms with Crippen molar-refractivity contribution in [3.05, 3.63) is 27.1 Å². The third-order valence-corrected chi connectivity index (χ3v) is 5.84. The van der Waals surface area contributed by atoms with Crippen LogP contribution in [0.15, 0.2) is 11.1 Å². The first kappa shape index (κ1) is 17.6. The van der Waals surface area contributed by atoms with Gasteiger partial charge in [0.2, 0.25) is 11.8 Å². The first-order valence-corrected chi connectivity index (χ1v) is 9.16. The summed E-state index contributed by atoms with van der Waals surface area (Å²) >= 11 is 1.59. The molecule has 2 aromatic rings. The molecule has 0 saturated carbocycles. The molecular weight excluding hydrogens is 340 g/mol. The zero-order valence-electron chi connectivity index (χ0n) is 14.7. The maximum Gasteiger partial charge on any atom is 0.262 e. The Balaban J connectivity index is 1.88. The molecule has 1 atom stereocenters. The summed E-state index contributed by atoms with van der Waals surface area (Å²) in [5, 5.41) is 3.14.